The molecule has 0 fully saturated rings. The highest BCUT2D eigenvalue weighted by Gasteiger charge is 2.95. The number of halogens is 17. The molecule has 0 unspecified atom stereocenters. The maximum absolute atomic E-state index is 14.3. The van der Waals surface area contributed by atoms with E-state index in [1.54, 1.807) is 48.5 Å². The van der Waals surface area contributed by atoms with E-state index in [9.17, 15) is 93.8 Å². The van der Waals surface area contributed by atoms with Crippen LogP contribution >= 0.6 is 0 Å². The van der Waals surface area contributed by atoms with Gasteiger partial charge in [-0.25, -0.2) is 4.79 Å². The molecule has 3 N–H and O–H groups in total. The van der Waals surface area contributed by atoms with Gasteiger partial charge in [0.2, 0.25) is 5.91 Å². The Morgan fingerprint density at radius 1 is 0.681 bits per heavy atom. The molecule has 0 bridgehead atoms. The Bertz CT molecular complexity index is 2420. The fourth-order valence-electron chi connectivity index (χ4n) is 5.63. The number of esters is 1. The maximum atomic E-state index is 14.3. The van der Waals surface area contributed by atoms with Crippen LogP contribution in [0.15, 0.2) is 77.9 Å². The van der Waals surface area contributed by atoms with E-state index < -0.39 is 97.6 Å². The molecule has 0 radical (unpaired) electrons. The number of anilines is 2. The van der Waals surface area contributed by atoms with Gasteiger partial charge in [0, 0.05) is 40.5 Å². The molecule has 3 rings (SSSR count). The summed E-state index contributed by atoms with van der Waals surface area (Å²) in [6.45, 7) is -4.14. The van der Waals surface area contributed by atoms with Crippen LogP contribution in [0.4, 0.5) is 96.5 Å². The molecular weight excluding hydrogens is 981 g/mol. The Hall–Kier alpha value is -6.98. The van der Waals surface area contributed by atoms with Gasteiger partial charge in [0.1, 0.15) is 6.54 Å². The zero-order chi connectivity index (χ0) is 52.4. The van der Waals surface area contributed by atoms with Crippen LogP contribution in [0, 0.1) is 12.3 Å². The number of carbonyl (C=O) groups excluding carboxylic acids is 4. The zero-order valence-electron chi connectivity index (χ0n) is 34.4. The summed E-state index contributed by atoms with van der Waals surface area (Å²) in [5, 5.41) is 11.3. The Balaban J connectivity index is 1.58. The van der Waals surface area contributed by atoms with Crippen LogP contribution in [-0.4, -0.2) is 103 Å². The summed E-state index contributed by atoms with van der Waals surface area (Å²) in [7, 11) is 0. The van der Waals surface area contributed by atoms with Crippen molar-refractivity contribution in [2.24, 2.45) is 5.11 Å². The number of ether oxygens (including phenoxy) is 1. The number of aryl methyl sites for hydroxylation is 1. The molecule has 69 heavy (non-hydrogen) atoms. The van der Waals surface area contributed by atoms with Crippen LogP contribution in [-0.2, 0) is 27.2 Å². The van der Waals surface area contributed by atoms with Crippen LogP contribution in [0.25, 0.3) is 10.4 Å². The fraction of sp³-hybridized carbons (Fsp3) is 0.400. The van der Waals surface area contributed by atoms with Gasteiger partial charge in [0.15, 0.2) is 0 Å². The van der Waals surface area contributed by atoms with Crippen molar-refractivity contribution in [1.29, 1.82) is 0 Å². The van der Waals surface area contributed by atoms with Gasteiger partial charge in [0.05, 0.1) is 19.6 Å². The van der Waals surface area contributed by atoms with Gasteiger partial charge in [-0.3, -0.25) is 14.4 Å². The van der Waals surface area contributed by atoms with Crippen molar-refractivity contribution in [1.82, 2.24) is 10.2 Å². The third-order valence-corrected chi connectivity index (χ3v) is 9.37. The second-order valence-electron chi connectivity index (χ2n) is 14.3. The summed E-state index contributed by atoms with van der Waals surface area (Å²) in [4.78, 5) is 53.8. The molecule has 0 heterocycles. The van der Waals surface area contributed by atoms with E-state index in [0.717, 1.165) is 17.7 Å². The first-order valence-corrected chi connectivity index (χ1v) is 19.0. The van der Waals surface area contributed by atoms with Gasteiger partial charge in [-0.1, -0.05) is 53.5 Å². The van der Waals surface area contributed by atoms with Crippen molar-refractivity contribution in [3.05, 3.63) is 99.9 Å². The minimum Gasteiger partial charge on any atom is -0.464 e. The highest BCUT2D eigenvalue weighted by atomic mass is 19.4. The average Bonchev–Trinajstić information content (AvgIpc) is 3.25. The van der Waals surface area contributed by atoms with E-state index in [1.807, 2.05) is 5.92 Å². The quantitative estimate of drug-likeness (QED) is 0.0227. The summed E-state index contributed by atoms with van der Waals surface area (Å²) in [6, 6.07) is 17.2. The van der Waals surface area contributed by atoms with Crippen molar-refractivity contribution >= 4 is 40.9 Å². The van der Waals surface area contributed by atoms with Crippen molar-refractivity contribution in [3.63, 3.8) is 0 Å². The summed E-state index contributed by atoms with van der Waals surface area (Å²) < 4.78 is 234. The largest absolute Gasteiger partial charge is 0.464 e. The molecular formula is C40H32F17N7O5. The van der Waals surface area contributed by atoms with Crippen molar-refractivity contribution in [2.75, 3.05) is 36.9 Å². The maximum Gasteiger partial charge on any atom is 0.460 e. The molecule has 29 heteroatoms. The molecule has 376 valence electrons. The number of terminal acetylenes is 1. The summed E-state index contributed by atoms with van der Waals surface area (Å²) in [6.07, 6.45) is -5.33. The molecule has 12 nitrogen and oxygen atoms in total. The SMILES string of the molecule is C#CCN(CC(=O)OCCC(F)(F)C(F)(F)C(F)(F)C(F)(F)C(F)(F)C(F)(F)C(F)(F)C(F)(F)F)C(=O)c1cccc(NC(=O)CCc2cccc(NC(=O)NCCc3ccc(N=[N+]=[N-])cc3)c2)c1. The standard InChI is InChI=1S/C40H32F17N7O5/c1-2-18-64(22-30(66)69-19-16-33(41,42)34(43,44)35(45,46)36(47,48)37(49,50)38(51,52)39(53,54)40(55,56)57)31(67)25-6-4-8-28(21-25)60-29(65)14-11-24-5-3-7-27(20-24)61-32(68)59-17-15-23-9-12-26(13-10-23)62-63-58/h1,3-10,12-13,20-21H,11,14-19,22H2,(H,60,65)(H2,59,61,68). The van der Waals surface area contributed by atoms with Crippen molar-refractivity contribution < 1.29 is 98.6 Å². The average molecular weight is 1010 g/mol. The van der Waals surface area contributed by atoms with Gasteiger partial charge in [-0.2, -0.15) is 74.6 Å². The number of urea groups is 1. The number of carbonyl (C=O) groups is 4. The van der Waals surface area contributed by atoms with Gasteiger partial charge in [0.25, 0.3) is 5.91 Å². The molecule has 0 aliphatic heterocycles. The first kappa shape index (κ1) is 56.3. The number of azide groups is 1. The van der Waals surface area contributed by atoms with Crippen LogP contribution in [0.2, 0.25) is 0 Å². The van der Waals surface area contributed by atoms with Gasteiger partial charge >= 0.3 is 59.6 Å². The molecule has 0 aliphatic carbocycles. The number of nitrogens with one attached hydrogen (secondary N) is 3. The lowest BCUT2D eigenvalue weighted by Crippen LogP contribution is -2.74. The minimum absolute atomic E-state index is 0.0196. The summed E-state index contributed by atoms with van der Waals surface area (Å²) >= 11 is 0. The molecule has 0 saturated heterocycles. The Kier molecular flexibility index (Phi) is 17.6. The predicted octanol–water partition coefficient (Wildman–Crippen LogP) is 10.6. The zero-order valence-corrected chi connectivity index (χ0v) is 34.4. The van der Waals surface area contributed by atoms with Crippen molar-refractivity contribution in [2.45, 2.75) is 73.3 Å². The molecule has 4 amide bonds. The molecule has 0 aliphatic rings. The Morgan fingerprint density at radius 2 is 1.23 bits per heavy atom. The van der Waals surface area contributed by atoms with E-state index >= 15 is 0 Å². The Morgan fingerprint density at radius 3 is 1.80 bits per heavy atom. The van der Waals surface area contributed by atoms with Crippen LogP contribution in [0.1, 0.15) is 34.3 Å². The van der Waals surface area contributed by atoms with Crippen LogP contribution in [0.5, 0.6) is 0 Å². The predicted molar refractivity (Wildman–Crippen MR) is 207 cm³/mol. The highest BCUT2D eigenvalue weighted by molar-refractivity contribution is 5.98. The second kappa shape index (κ2) is 21.5. The number of hydrogen-bond acceptors (Lipinski definition) is 6. The third-order valence-electron chi connectivity index (χ3n) is 9.37. The molecule has 3 aromatic rings. The first-order valence-electron chi connectivity index (χ1n) is 19.0. The minimum atomic E-state index is -8.80. The number of nitrogens with zero attached hydrogens (tertiary/aromatic N) is 4. The highest BCUT2D eigenvalue weighted by Crippen LogP contribution is 2.64. The van der Waals surface area contributed by atoms with E-state index in [-0.39, 0.29) is 30.6 Å². The molecule has 0 atom stereocenters. The second-order valence-corrected chi connectivity index (χ2v) is 14.3. The molecule has 0 aromatic heterocycles. The van der Waals surface area contributed by atoms with E-state index in [0.29, 0.717) is 28.3 Å². The third kappa shape index (κ3) is 12.6. The van der Waals surface area contributed by atoms with Crippen LogP contribution in [0.3, 0.4) is 0 Å². The number of hydrogen-bond donors (Lipinski definition) is 3. The monoisotopic (exact) mass is 1010 g/mol. The first-order chi connectivity index (χ1) is 31.7. The lowest BCUT2D eigenvalue weighted by atomic mass is 9.88. The summed E-state index contributed by atoms with van der Waals surface area (Å²) in [5.41, 5.74) is 10.4. The number of benzene rings is 3. The van der Waals surface area contributed by atoms with Crippen LogP contribution < -0.4 is 16.0 Å². The lowest BCUT2D eigenvalue weighted by molar-refractivity contribution is -0.461. The van der Waals surface area contributed by atoms with E-state index in [4.69, 9.17) is 12.0 Å². The van der Waals surface area contributed by atoms with Gasteiger partial charge in [-0.15, -0.1) is 6.42 Å². The number of alkyl halides is 17. The molecule has 0 saturated carbocycles. The van der Waals surface area contributed by atoms with E-state index in [2.05, 4.69) is 30.7 Å². The van der Waals surface area contributed by atoms with Gasteiger partial charge in [-0.05, 0) is 59.8 Å². The lowest BCUT2D eigenvalue weighted by Gasteiger charge is -2.42. The van der Waals surface area contributed by atoms with E-state index in [1.165, 1.54) is 12.1 Å². The molecule has 3 aromatic carbocycles. The molecule has 0 spiro atoms. The van der Waals surface area contributed by atoms with Crippen molar-refractivity contribution in [3.8, 4) is 12.3 Å². The fourth-order valence-corrected chi connectivity index (χ4v) is 5.63. The van der Waals surface area contributed by atoms with Gasteiger partial charge < -0.3 is 25.6 Å². The topological polar surface area (TPSA) is 166 Å². The number of amides is 4. The smallest absolute Gasteiger partial charge is 0.460 e. The Labute approximate surface area is 377 Å². The number of rotatable bonds is 22. The summed E-state index contributed by atoms with van der Waals surface area (Å²) in [5.74, 6) is -59.5. The normalized spacial score (nSPS) is 12.8.